The summed E-state index contributed by atoms with van der Waals surface area (Å²) in [6.45, 7) is 2.77. The highest BCUT2D eigenvalue weighted by Gasteiger charge is 2.21. The van der Waals surface area contributed by atoms with Gasteiger partial charge in [-0.25, -0.2) is 0 Å². The lowest BCUT2D eigenvalue weighted by molar-refractivity contribution is -0.119. The van der Waals surface area contributed by atoms with Crippen LogP contribution in [0.4, 0.5) is 0 Å². The fraction of sp³-hybridized carbons (Fsp3) is 0.714. The van der Waals surface area contributed by atoms with Gasteiger partial charge in [0.1, 0.15) is 0 Å². The molecule has 0 unspecified atom stereocenters. The van der Waals surface area contributed by atoms with Crippen molar-refractivity contribution in [1.82, 2.24) is 10.2 Å². The van der Waals surface area contributed by atoms with Gasteiger partial charge >= 0.3 is 0 Å². The molecule has 4 heteroatoms. The van der Waals surface area contributed by atoms with Crippen LogP contribution in [0.2, 0.25) is 0 Å². The number of amides is 1. The summed E-state index contributed by atoms with van der Waals surface area (Å²) in [5, 5.41) is 2.78. The number of hydrogen-bond donors (Lipinski definition) is 1. The zero-order valence-corrected chi connectivity index (χ0v) is 6.34. The molecule has 0 saturated carbocycles. The van der Waals surface area contributed by atoms with E-state index in [1.165, 1.54) is 0 Å². The second-order valence-corrected chi connectivity index (χ2v) is 2.84. The number of carbonyl (C=O) groups excluding carboxylic acids is 1. The van der Waals surface area contributed by atoms with Crippen LogP contribution >= 0.6 is 0 Å². The average Bonchev–Trinajstić information content (AvgIpc) is 2.31. The molecule has 0 radical (unpaired) electrons. The van der Waals surface area contributed by atoms with Crippen LogP contribution in [-0.4, -0.2) is 36.4 Å². The van der Waals surface area contributed by atoms with E-state index >= 15 is 0 Å². The predicted molar refractivity (Wildman–Crippen MR) is 41.3 cm³/mol. The molecule has 2 heterocycles. The Morgan fingerprint density at radius 1 is 1.45 bits per heavy atom. The third kappa shape index (κ3) is 1.20. The molecule has 2 aliphatic rings. The van der Waals surface area contributed by atoms with E-state index in [2.05, 4.69) is 15.2 Å². The van der Waals surface area contributed by atoms with Crippen molar-refractivity contribution in [2.24, 2.45) is 4.99 Å². The zero-order chi connectivity index (χ0) is 7.68. The second kappa shape index (κ2) is 2.53. The van der Waals surface area contributed by atoms with E-state index in [4.69, 9.17) is 0 Å². The highest BCUT2D eigenvalue weighted by molar-refractivity contribution is 5.98. The number of nitrogens with zero attached hydrogens (tertiary/aromatic N) is 2. The summed E-state index contributed by atoms with van der Waals surface area (Å²) in [5.74, 6) is 0.889. The molecular formula is C7H11N3O. The molecule has 2 rings (SSSR count). The number of hydrogen-bond acceptors (Lipinski definition) is 3. The lowest BCUT2D eigenvalue weighted by Crippen LogP contribution is -2.38. The molecule has 1 amide bonds. The minimum atomic E-state index is 0.105. The van der Waals surface area contributed by atoms with Crippen molar-refractivity contribution in [1.29, 1.82) is 0 Å². The lowest BCUT2D eigenvalue weighted by Gasteiger charge is -2.15. The standard InChI is InChI=1S/C7H11N3O/c11-6-2-1-4-10-5-3-8-7(10)9-6/h1-5H2,(H,8,9,11). The average molecular weight is 153 g/mol. The Bertz CT molecular complexity index is 212. The molecule has 11 heavy (non-hydrogen) atoms. The number of guanidine groups is 1. The molecule has 0 atom stereocenters. The lowest BCUT2D eigenvalue weighted by atomic mass is 10.3. The van der Waals surface area contributed by atoms with Crippen molar-refractivity contribution in [2.45, 2.75) is 12.8 Å². The monoisotopic (exact) mass is 153 g/mol. The maximum Gasteiger partial charge on any atom is 0.226 e. The molecule has 4 nitrogen and oxygen atoms in total. The highest BCUT2D eigenvalue weighted by Crippen LogP contribution is 2.06. The molecule has 0 aromatic carbocycles. The summed E-state index contributed by atoms with van der Waals surface area (Å²) in [5.41, 5.74) is 0. The van der Waals surface area contributed by atoms with Crippen molar-refractivity contribution < 1.29 is 4.79 Å². The van der Waals surface area contributed by atoms with Gasteiger partial charge in [0.05, 0.1) is 6.54 Å². The summed E-state index contributed by atoms with van der Waals surface area (Å²) in [4.78, 5) is 17.3. The first-order valence-corrected chi connectivity index (χ1v) is 3.95. The van der Waals surface area contributed by atoms with Crippen LogP contribution in [0.5, 0.6) is 0 Å². The van der Waals surface area contributed by atoms with E-state index in [9.17, 15) is 4.79 Å². The summed E-state index contributed by atoms with van der Waals surface area (Å²) < 4.78 is 0. The number of fused-ring (bicyclic) bond motifs is 1. The summed E-state index contributed by atoms with van der Waals surface area (Å²) >= 11 is 0. The Morgan fingerprint density at radius 2 is 2.36 bits per heavy atom. The molecule has 1 fully saturated rings. The molecule has 0 bridgehead atoms. The fourth-order valence-electron chi connectivity index (χ4n) is 1.44. The van der Waals surface area contributed by atoms with Crippen molar-refractivity contribution in [3.05, 3.63) is 0 Å². The molecule has 1 N–H and O–H groups in total. The van der Waals surface area contributed by atoms with Crippen molar-refractivity contribution in [2.75, 3.05) is 19.6 Å². The van der Waals surface area contributed by atoms with Gasteiger partial charge in [-0.15, -0.1) is 0 Å². The largest absolute Gasteiger partial charge is 0.341 e. The minimum Gasteiger partial charge on any atom is -0.341 e. The summed E-state index contributed by atoms with van der Waals surface area (Å²) in [6, 6.07) is 0. The van der Waals surface area contributed by atoms with Crippen molar-refractivity contribution in [3.63, 3.8) is 0 Å². The minimum absolute atomic E-state index is 0.105. The highest BCUT2D eigenvalue weighted by atomic mass is 16.1. The van der Waals surface area contributed by atoms with Gasteiger partial charge in [-0.05, 0) is 6.42 Å². The zero-order valence-electron chi connectivity index (χ0n) is 6.34. The quantitative estimate of drug-likeness (QED) is 0.513. The van der Waals surface area contributed by atoms with Gasteiger partial charge in [0.25, 0.3) is 0 Å². The second-order valence-electron chi connectivity index (χ2n) is 2.84. The Kier molecular flexibility index (Phi) is 1.52. The first-order chi connectivity index (χ1) is 5.36. The molecule has 1 saturated heterocycles. The Morgan fingerprint density at radius 3 is 3.27 bits per heavy atom. The van der Waals surface area contributed by atoms with E-state index in [0.717, 1.165) is 32.0 Å². The van der Waals surface area contributed by atoms with Crippen LogP contribution in [0.25, 0.3) is 0 Å². The molecule has 0 aromatic rings. The summed E-state index contributed by atoms with van der Waals surface area (Å²) in [6.07, 6.45) is 1.58. The van der Waals surface area contributed by atoms with E-state index in [0.29, 0.717) is 6.42 Å². The number of carbonyl (C=O) groups is 1. The Hall–Kier alpha value is -1.06. The number of rotatable bonds is 0. The van der Waals surface area contributed by atoms with Gasteiger partial charge in [-0.3, -0.25) is 15.1 Å². The van der Waals surface area contributed by atoms with Gasteiger partial charge in [0.15, 0.2) is 0 Å². The van der Waals surface area contributed by atoms with Gasteiger partial charge in [0.2, 0.25) is 11.9 Å². The third-order valence-corrected chi connectivity index (χ3v) is 2.01. The first-order valence-electron chi connectivity index (χ1n) is 3.95. The fourth-order valence-corrected chi connectivity index (χ4v) is 1.44. The normalized spacial score (nSPS) is 23.8. The van der Waals surface area contributed by atoms with Crippen LogP contribution < -0.4 is 5.32 Å². The molecule has 60 valence electrons. The van der Waals surface area contributed by atoms with Gasteiger partial charge in [-0.1, -0.05) is 0 Å². The first kappa shape index (κ1) is 6.64. The molecule has 0 aliphatic carbocycles. The van der Waals surface area contributed by atoms with E-state index in [1.54, 1.807) is 0 Å². The van der Waals surface area contributed by atoms with Crippen LogP contribution in [0.3, 0.4) is 0 Å². The van der Waals surface area contributed by atoms with Crippen LogP contribution in [-0.2, 0) is 4.79 Å². The Labute approximate surface area is 65.3 Å². The van der Waals surface area contributed by atoms with Crippen molar-refractivity contribution >= 4 is 11.9 Å². The third-order valence-electron chi connectivity index (χ3n) is 2.01. The maximum atomic E-state index is 11.0. The van der Waals surface area contributed by atoms with E-state index in [-0.39, 0.29) is 5.91 Å². The van der Waals surface area contributed by atoms with Crippen LogP contribution in [0.15, 0.2) is 4.99 Å². The van der Waals surface area contributed by atoms with E-state index < -0.39 is 0 Å². The smallest absolute Gasteiger partial charge is 0.226 e. The number of aliphatic imine (C=N–C) groups is 1. The topological polar surface area (TPSA) is 44.7 Å². The molecule has 2 aliphatic heterocycles. The Balaban J connectivity index is 2.13. The molecular weight excluding hydrogens is 142 g/mol. The maximum absolute atomic E-state index is 11.0. The predicted octanol–water partition coefficient (Wildman–Crippen LogP) is -0.432. The van der Waals surface area contributed by atoms with E-state index in [1.807, 2.05) is 0 Å². The van der Waals surface area contributed by atoms with Gasteiger partial charge in [0, 0.05) is 19.5 Å². The van der Waals surface area contributed by atoms with Crippen LogP contribution in [0.1, 0.15) is 12.8 Å². The van der Waals surface area contributed by atoms with Gasteiger partial charge in [-0.2, -0.15) is 0 Å². The molecule has 0 aromatic heterocycles. The van der Waals surface area contributed by atoms with Gasteiger partial charge < -0.3 is 4.90 Å². The van der Waals surface area contributed by atoms with Crippen LogP contribution in [0, 0.1) is 0 Å². The summed E-state index contributed by atoms with van der Waals surface area (Å²) in [7, 11) is 0. The SMILES string of the molecule is O=C1CCCN2CCN=C2N1. The molecule has 0 spiro atoms. The van der Waals surface area contributed by atoms with Crippen molar-refractivity contribution in [3.8, 4) is 0 Å². The number of nitrogens with one attached hydrogen (secondary N) is 1.